The highest BCUT2D eigenvalue weighted by molar-refractivity contribution is 5.96. The van der Waals surface area contributed by atoms with Gasteiger partial charge in [-0.2, -0.15) is 0 Å². The molecule has 4 N–H and O–H groups in total. The number of rotatable bonds is 9. The SMILES string of the molecule is COc1cc(/C=C/C(=O)NO)ccc1OCCCNC(=O)c1ccccc1O. The predicted molar refractivity (Wildman–Crippen MR) is 103 cm³/mol. The van der Waals surface area contributed by atoms with Gasteiger partial charge in [-0.05, 0) is 42.3 Å². The zero-order valence-corrected chi connectivity index (χ0v) is 15.3. The largest absolute Gasteiger partial charge is 0.507 e. The number of carbonyl (C=O) groups excluding carboxylic acids is 2. The molecule has 2 aromatic rings. The van der Waals surface area contributed by atoms with Crippen molar-refractivity contribution < 1.29 is 29.4 Å². The molecule has 28 heavy (non-hydrogen) atoms. The minimum Gasteiger partial charge on any atom is -0.507 e. The van der Waals surface area contributed by atoms with Crippen molar-refractivity contribution in [1.82, 2.24) is 10.8 Å². The molecule has 2 aromatic carbocycles. The van der Waals surface area contributed by atoms with Crippen LogP contribution in [0, 0.1) is 0 Å². The smallest absolute Gasteiger partial charge is 0.267 e. The Hall–Kier alpha value is -3.52. The first-order valence-corrected chi connectivity index (χ1v) is 8.54. The predicted octanol–water partition coefficient (Wildman–Crippen LogP) is 2.12. The van der Waals surface area contributed by atoms with E-state index in [0.717, 1.165) is 0 Å². The molecule has 0 saturated carbocycles. The topological polar surface area (TPSA) is 117 Å². The van der Waals surface area contributed by atoms with E-state index in [1.807, 2.05) is 0 Å². The molecule has 0 heterocycles. The van der Waals surface area contributed by atoms with E-state index in [4.69, 9.17) is 14.7 Å². The number of methoxy groups -OCH3 is 1. The number of carbonyl (C=O) groups is 2. The number of benzene rings is 2. The first kappa shape index (κ1) is 20.8. The fourth-order valence-electron chi connectivity index (χ4n) is 2.33. The highest BCUT2D eigenvalue weighted by Gasteiger charge is 2.09. The van der Waals surface area contributed by atoms with Crippen LogP contribution in [0.15, 0.2) is 48.5 Å². The number of ether oxygens (including phenoxy) is 2. The van der Waals surface area contributed by atoms with Crippen LogP contribution in [-0.2, 0) is 4.79 Å². The van der Waals surface area contributed by atoms with Crippen molar-refractivity contribution in [3.8, 4) is 17.2 Å². The standard InChI is InChI=1S/C20H22N2O6/c1-27-18-13-14(8-10-19(24)22-26)7-9-17(18)28-12-4-11-21-20(25)15-5-2-3-6-16(15)23/h2-3,5-10,13,23,26H,4,11-12H2,1H3,(H,21,25)(H,22,24)/b10-8+. The molecule has 0 unspecified atom stereocenters. The fraction of sp³-hybridized carbons (Fsp3) is 0.200. The number of amides is 2. The van der Waals surface area contributed by atoms with E-state index in [1.165, 1.54) is 30.8 Å². The highest BCUT2D eigenvalue weighted by Crippen LogP contribution is 2.28. The summed E-state index contributed by atoms with van der Waals surface area (Å²) < 4.78 is 11.0. The lowest BCUT2D eigenvalue weighted by Crippen LogP contribution is -2.25. The summed E-state index contributed by atoms with van der Waals surface area (Å²) in [4.78, 5) is 23.0. The molecule has 0 spiro atoms. The average Bonchev–Trinajstić information content (AvgIpc) is 2.72. The second-order valence-electron chi connectivity index (χ2n) is 5.69. The Morgan fingerprint density at radius 3 is 2.64 bits per heavy atom. The molecule has 0 aromatic heterocycles. The van der Waals surface area contributed by atoms with Gasteiger partial charge in [-0.15, -0.1) is 0 Å². The van der Waals surface area contributed by atoms with Gasteiger partial charge in [0.1, 0.15) is 5.75 Å². The van der Waals surface area contributed by atoms with Gasteiger partial charge in [0.15, 0.2) is 11.5 Å². The lowest BCUT2D eigenvalue weighted by Gasteiger charge is -2.12. The Morgan fingerprint density at radius 2 is 1.93 bits per heavy atom. The third-order valence-corrected chi connectivity index (χ3v) is 3.74. The summed E-state index contributed by atoms with van der Waals surface area (Å²) in [6.45, 7) is 0.728. The summed E-state index contributed by atoms with van der Waals surface area (Å²) in [6, 6.07) is 11.5. The van der Waals surface area contributed by atoms with Gasteiger partial charge in [-0.3, -0.25) is 14.8 Å². The van der Waals surface area contributed by atoms with Crippen LogP contribution in [0.5, 0.6) is 17.2 Å². The summed E-state index contributed by atoms with van der Waals surface area (Å²) in [5.74, 6) is -0.0291. The van der Waals surface area contributed by atoms with Crippen LogP contribution in [0.3, 0.4) is 0 Å². The molecule has 0 saturated heterocycles. The van der Waals surface area contributed by atoms with E-state index in [9.17, 15) is 14.7 Å². The molecule has 8 heteroatoms. The van der Waals surface area contributed by atoms with E-state index in [2.05, 4.69) is 5.32 Å². The minimum absolute atomic E-state index is 0.0633. The molecular weight excluding hydrogens is 364 g/mol. The molecule has 0 atom stereocenters. The first-order chi connectivity index (χ1) is 13.5. The summed E-state index contributed by atoms with van der Waals surface area (Å²) in [5.41, 5.74) is 2.43. The lowest BCUT2D eigenvalue weighted by atomic mass is 10.2. The van der Waals surface area contributed by atoms with Crippen LogP contribution in [-0.4, -0.2) is 42.4 Å². The van der Waals surface area contributed by atoms with E-state index in [0.29, 0.717) is 36.6 Å². The van der Waals surface area contributed by atoms with E-state index < -0.39 is 5.91 Å². The zero-order valence-electron chi connectivity index (χ0n) is 15.3. The monoisotopic (exact) mass is 386 g/mol. The molecule has 0 fully saturated rings. The summed E-state index contributed by atoms with van der Waals surface area (Å²) in [7, 11) is 1.50. The number of nitrogens with one attached hydrogen (secondary N) is 2. The van der Waals surface area contributed by atoms with Crippen molar-refractivity contribution in [3.05, 3.63) is 59.7 Å². The van der Waals surface area contributed by atoms with Crippen molar-refractivity contribution in [2.24, 2.45) is 0 Å². The Labute approximate surface area is 162 Å². The molecule has 0 aliphatic rings. The van der Waals surface area contributed by atoms with Gasteiger partial charge in [0, 0.05) is 12.6 Å². The summed E-state index contributed by atoms with van der Waals surface area (Å²) >= 11 is 0. The van der Waals surface area contributed by atoms with Crippen molar-refractivity contribution in [2.45, 2.75) is 6.42 Å². The fourth-order valence-corrected chi connectivity index (χ4v) is 2.33. The van der Waals surface area contributed by atoms with E-state index in [-0.39, 0.29) is 17.2 Å². The zero-order chi connectivity index (χ0) is 20.4. The third-order valence-electron chi connectivity index (χ3n) is 3.74. The van der Waals surface area contributed by atoms with Gasteiger partial charge < -0.3 is 19.9 Å². The quantitative estimate of drug-likeness (QED) is 0.227. The minimum atomic E-state index is -0.634. The van der Waals surface area contributed by atoms with Crippen LogP contribution in [0.1, 0.15) is 22.3 Å². The normalized spacial score (nSPS) is 10.5. The van der Waals surface area contributed by atoms with Crippen molar-refractivity contribution in [3.63, 3.8) is 0 Å². The molecule has 0 radical (unpaired) electrons. The van der Waals surface area contributed by atoms with Gasteiger partial charge in [0.2, 0.25) is 0 Å². The van der Waals surface area contributed by atoms with Crippen molar-refractivity contribution >= 4 is 17.9 Å². The average molecular weight is 386 g/mol. The van der Waals surface area contributed by atoms with Gasteiger partial charge >= 0.3 is 0 Å². The number of para-hydroxylation sites is 1. The van der Waals surface area contributed by atoms with Crippen LogP contribution < -0.4 is 20.3 Å². The Morgan fingerprint density at radius 1 is 1.14 bits per heavy atom. The Kier molecular flexibility index (Phi) is 7.86. The molecule has 8 nitrogen and oxygen atoms in total. The van der Waals surface area contributed by atoms with E-state index >= 15 is 0 Å². The van der Waals surface area contributed by atoms with Crippen LogP contribution >= 0.6 is 0 Å². The number of phenolic OH excluding ortho intramolecular Hbond substituents is 1. The molecular formula is C20H22N2O6. The molecule has 0 aliphatic carbocycles. The molecule has 0 aliphatic heterocycles. The van der Waals surface area contributed by atoms with Gasteiger partial charge in [-0.1, -0.05) is 18.2 Å². The molecule has 2 rings (SSSR count). The maximum atomic E-state index is 12.0. The van der Waals surface area contributed by atoms with Gasteiger partial charge in [0.05, 0.1) is 19.3 Å². The Balaban J connectivity index is 1.82. The summed E-state index contributed by atoms with van der Waals surface area (Å²) in [5, 5.41) is 20.9. The highest BCUT2D eigenvalue weighted by atomic mass is 16.5. The second kappa shape index (κ2) is 10.6. The van der Waals surface area contributed by atoms with E-state index in [1.54, 1.807) is 36.4 Å². The maximum absolute atomic E-state index is 12.0. The summed E-state index contributed by atoms with van der Waals surface area (Å²) in [6.07, 6.45) is 3.26. The number of hydroxylamine groups is 1. The lowest BCUT2D eigenvalue weighted by molar-refractivity contribution is -0.124. The molecule has 148 valence electrons. The van der Waals surface area contributed by atoms with Crippen molar-refractivity contribution in [1.29, 1.82) is 0 Å². The second-order valence-corrected chi connectivity index (χ2v) is 5.69. The maximum Gasteiger partial charge on any atom is 0.267 e. The van der Waals surface area contributed by atoms with Crippen molar-refractivity contribution in [2.75, 3.05) is 20.3 Å². The van der Waals surface area contributed by atoms with Crippen LogP contribution in [0.4, 0.5) is 0 Å². The third kappa shape index (κ3) is 6.03. The van der Waals surface area contributed by atoms with Gasteiger partial charge in [0.25, 0.3) is 11.8 Å². The number of hydrogen-bond donors (Lipinski definition) is 4. The van der Waals surface area contributed by atoms with Crippen LogP contribution in [0.2, 0.25) is 0 Å². The molecule has 0 bridgehead atoms. The van der Waals surface area contributed by atoms with Crippen LogP contribution in [0.25, 0.3) is 6.08 Å². The van der Waals surface area contributed by atoms with Gasteiger partial charge in [-0.25, -0.2) is 5.48 Å². The number of aromatic hydroxyl groups is 1. The molecule has 2 amide bonds. The number of hydrogen-bond acceptors (Lipinski definition) is 6. The first-order valence-electron chi connectivity index (χ1n) is 8.54. The Bertz CT molecular complexity index is 850. The number of phenols is 1.